The van der Waals surface area contributed by atoms with E-state index in [0.29, 0.717) is 21.7 Å². The van der Waals surface area contributed by atoms with Crippen molar-refractivity contribution in [2.75, 3.05) is 7.05 Å². The number of nitrogens with one attached hydrogen (secondary N) is 1. The molecule has 4 nitrogen and oxygen atoms in total. The monoisotopic (exact) mass is 353 g/mol. The Morgan fingerprint density at radius 1 is 1.26 bits per heavy atom. The molecule has 0 aliphatic carbocycles. The molecule has 1 atom stereocenters. The lowest BCUT2D eigenvalue weighted by Gasteiger charge is -2.25. The highest BCUT2D eigenvalue weighted by Crippen LogP contribution is 2.29. The molecule has 1 unspecified atom stereocenters. The third kappa shape index (κ3) is 4.27. The average molecular weight is 354 g/mol. The zero-order chi connectivity index (χ0) is 17.1. The standard InChI is InChI=1S/C17H21Cl2N3O/c1-10(2)7-13-9-16(21-20-13)17(23)22(4)11(3)14-6-5-12(18)8-15(14)19/h5-6,8-11H,7H2,1-4H3,(H,20,21). The van der Waals surface area contributed by atoms with E-state index >= 15 is 0 Å². The van der Waals surface area contributed by atoms with Gasteiger partial charge in [0, 0.05) is 22.8 Å². The van der Waals surface area contributed by atoms with Gasteiger partial charge in [-0.3, -0.25) is 9.89 Å². The molecule has 0 radical (unpaired) electrons. The smallest absolute Gasteiger partial charge is 0.274 e. The van der Waals surface area contributed by atoms with E-state index in [1.54, 1.807) is 24.1 Å². The summed E-state index contributed by atoms with van der Waals surface area (Å²) in [5, 5.41) is 8.18. The van der Waals surface area contributed by atoms with E-state index in [1.807, 2.05) is 19.1 Å². The Morgan fingerprint density at radius 3 is 2.57 bits per heavy atom. The second kappa shape index (κ2) is 7.37. The van der Waals surface area contributed by atoms with Crippen molar-refractivity contribution < 1.29 is 4.79 Å². The Labute approximate surface area is 146 Å². The van der Waals surface area contributed by atoms with Crippen LogP contribution >= 0.6 is 23.2 Å². The van der Waals surface area contributed by atoms with Crippen LogP contribution in [0, 0.1) is 5.92 Å². The summed E-state index contributed by atoms with van der Waals surface area (Å²) in [4.78, 5) is 14.2. The van der Waals surface area contributed by atoms with Crippen LogP contribution in [0.15, 0.2) is 24.3 Å². The van der Waals surface area contributed by atoms with Gasteiger partial charge in [-0.25, -0.2) is 0 Å². The van der Waals surface area contributed by atoms with Gasteiger partial charge in [-0.2, -0.15) is 5.10 Å². The minimum atomic E-state index is -0.183. The van der Waals surface area contributed by atoms with Crippen LogP contribution in [-0.4, -0.2) is 28.1 Å². The third-order valence-corrected chi connectivity index (χ3v) is 4.35. The van der Waals surface area contributed by atoms with Crippen molar-refractivity contribution in [2.45, 2.75) is 33.2 Å². The Kier molecular flexibility index (Phi) is 5.71. The van der Waals surface area contributed by atoms with E-state index in [9.17, 15) is 4.79 Å². The summed E-state index contributed by atoms with van der Waals surface area (Å²) in [6.45, 7) is 6.17. The molecule has 1 aromatic carbocycles. The maximum absolute atomic E-state index is 12.6. The zero-order valence-electron chi connectivity index (χ0n) is 13.7. The van der Waals surface area contributed by atoms with Crippen molar-refractivity contribution in [3.05, 3.63) is 51.3 Å². The van der Waals surface area contributed by atoms with Gasteiger partial charge < -0.3 is 4.90 Å². The molecule has 2 rings (SSSR count). The molecule has 0 aliphatic rings. The highest BCUT2D eigenvalue weighted by atomic mass is 35.5. The quantitative estimate of drug-likeness (QED) is 0.842. The van der Waals surface area contributed by atoms with E-state index in [-0.39, 0.29) is 11.9 Å². The molecule has 0 aliphatic heterocycles. The Hall–Kier alpha value is -1.52. The van der Waals surface area contributed by atoms with Crippen molar-refractivity contribution in [2.24, 2.45) is 5.92 Å². The number of aromatic amines is 1. The summed E-state index contributed by atoms with van der Waals surface area (Å²) in [5.41, 5.74) is 2.24. The largest absolute Gasteiger partial charge is 0.333 e. The van der Waals surface area contributed by atoms with Crippen molar-refractivity contribution in [1.82, 2.24) is 15.1 Å². The zero-order valence-corrected chi connectivity index (χ0v) is 15.2. The second-order valence-corrected chi connectivity index (χ2v) is 6.98. The van der Waals surface area contributed by atoms with E-state index in [0.717, 1.165) is 17.7 Å². The van der Waals surface area contributed by atoms with E-state index in [2.05, 4.69) is 24.0 Å². The van der Waals surface area contributed by atoms with Crippen molar-refractivity contribution in [3.8, 4) is 0 Å². The number of halogens is 2. The molecule has 0 saturated carbocycles. The lowest BCUT2D eigenvalue weighted by molar-refractivity contribution is 0.0736. The van der Waals surface area contributed by atoms with Crippen LogP contribution in [0.25, 0.3) is 0 Å². The van der Waals surface area contributed by atoms with E-state index in [1.165, 1.54) is 0 Å². The van der Waals surface area contributed by atoms with Crippen LogP contribution in [0.2, 0.25) is 10.0 Å². The summed E-state index contributed by atoms with van der Waals surface area (Å²) in [5.74, 6) is 0.359. The van der Waals surface area contributed by atoms with E-state index in [4.69, 9.17) is 23.2 Å². The fourth-order valence-corrected chi connectivity index (χ4v) is 2.99. The number of hydrogen-bond acceptors (Lipinski definition) is 2. The van der Waals surface area contributed by atoms with Gasteiger partial charge in [-0.1, -0.05) is 43.1 Å². The Morgan fingerprint density at radius 2 is 1.96 bits per heavy atom. The topological polar surface area (TPSA) is 49.0 Å². The predicted octanol–water partition coefficient (Wildman–Crippen LogP) is 4.75. The highest BCUT2D eigenvalue weighted by Gasteiger charge is 2.23. The highest BCUT2D eigenvalue weighted by molar-refractivity contribution is 6.35. The molecule has 2 aromatic rings. The molecule has 1 heterocycles. The molecule has 6 heteroatoms. The SMILES string of the molecule is CC(C)Cc1cc(C(=O)N(C)C(C)c2ccc(Cl)cc2Cl)n[nH]1. The van der Waals surface area contributed by atoms with Crippen LogP contribution in [0.3, 0.4) is 0 Å². The molecule has 0 saturated heterocycles. The normalized spacial score (nSPS) is 12.5. The molecule has 1 amide bonds. The molecule has 1 aromatic heterocycles. The van der Waals surface area contributed by atoms with Gasteiger partial charge in [-0.05, 0) is 43.0 Å². The van der Waals surface area contributed by atoms with Crippen LogP contribution < -0.4 is 0 Å². The Bertz CT molecular complexity index is 697. The lowest BCUT2D eigenvalue weighted by atomic mass is 10.1. The minimum Gasteiger partial charge on any atom is -0.333 e. The molecule has 0 spiro atoms. The summed E-state index contributed by atoms with van der Waals surface area (Å²) in [6.07, 6.45) is 0.864. The molecule has 1 N–H and O–H groups in total. The van der Waals surface area contributed by atoms with Crippen molar-refractivity contribution in [3.63, 3.8) is 0 Å². The van der Waals surface area contributed by atoms with Crippen LogP contribution in [0.4, 0.5) is 0 Å². The van der Waals surface area contributed by atoms with Gasteiger partial charge in [0.25, 0.3) is 5.91 Å². The van der Waals surface area contributed by atoms with Crippen molar-refractivity contribution in [1.29, 1.82) is 0 Å². The first kappa shape index (κ1) is 17.8. The maximum Gasteiger partial charge on any atom is 0.274 e. The molecule has 0 fully saturated rings. The third-order valence-electron chi connectivity index (χ3n) is 3.79. The number of amides is 1. The Balaban J connectivity index is 2.16. The van der Waals surface area contributed by atoms with Gasteiger partial charge in [0.1, 0.15) is 5.69 Å². The second-order valence-electron chi connectivity index (χ2n) is 6.13. The average Bonchev–Trinajstić information content (AvgIpc) is 2.92. The number of rotatable bonds is 5. The van der Waals surface area contributed by atoms with Crippen molar-refractivity contribution >= 4 is 29.1 Å². The predicted molar refractivity (Wildman–Crippen MR) is 94.1 cm³/mol. The molecular weight excluding hydrogens is 333 g/mol. The van der Waals surface area contributed by atoms with Crippen LogP contribution in [0.5, 0.6) is 0 Å². The summed E-state index contributed by atoms with van der Waals surface area (Å²) in [6, 6.07) is 6.93. The fourth-order valence-electron chi connectivity index (χ4n) is 2.42. The van der Waals surface area contributed by atoms with E-state index < -0.39 is 0 Å². The number of hydrogen-bond donors (Lipinski definition) is 1. The minimum absolute atomic E-state index is 0.144. The molecule has 124 valence electrons. The van der Waals surface area contributed by atoms with Crippen LogP contribution in [0.1, 0.15) is 48.6 Å². The van der Waals surface area contributed by atoms with Gasteiger partial charge in [0.2, 0.25) is 0 Å². The fraction of sp³-hybridized carbons (Fsp3) is 0.412. The first-order chi connectivity index (χ1) is 10.8. The number of carbonyl (C=O) groups excluding carboxylic acids is 1. The molecular formula is C17H21Cl2N3O. The van der Waals surface area contributed by atoms with Gasteiger partial charge in [0.15, 0.2) is 0 Å². The number of aromatic nitrogens is 2. The van der Waals surface area contributed by atoms with Gasteiger partial charge >= 0.3 is 0 Å². The maximum atomic E-state index is 12.6. The summed E-state index contributed by atoms with van der Waals surface area (Å²) >= 11 is 12.2. The first-order valence-electron chi connectivity index (χ1n) is 7.56. The van der Waals surface area contributed by atoms with Gasteiger partial charge in [-0.15, -0.1) is 0 Å². The molecule has 0 bridgehead atoms. The number of carbonyl (C=O) groups is 1. The summed E-state index contributed by atoms with van der Waals surface area (Å²) < 4.78 is 0. The van der Waals surface area contributed by atoms with Gasteiger partial charge in [0.05, 0.1) is 6.04 Å². The van der Waals surface area contributed by atoms with Crippen LogP contribution in [-0.2, 0) is 6.42 Å². The summed E-state index contributed by atoms with van der Waals surface area (Å²) in [7, 11) is 1.74. The number of benzene rings is 1. The molecule has 23 heavy (non-hydrogen) atoms. The first-order valence-corrected chi connectivity index (χ1v) is 8.31. The number of H-pyrrole nitrogens is 1. The lowest BCUT2D eigenvalue weighted by Crippen LogP contribution is -2.30. The number of nitrogens with zero attached hydrogens (tertiary/aromatic N) is 2.